The number of hydrogen-bond donors (Lipinski definition) is 1. The van der Waals surface area contributed by atoms with Crippen molar-refractivity contribution in [2.24, 2.45) is 7.05 Å². The Morgan fingerprint density at radius 3 is 2.83 bits per heavy atom. The van der Waals surface area contributed by atoms with E-state index in [2.05, 4.69) is 21.6 Å². The summed E-state index contributed by atoms with van der Waals surface area (Å²) in [7, 11) is 1.95. The quantitative estimate of drug-likeness (QED) is 0.784. The van der Waals surface area contributed by atoms with Crippen LogP contribution in [0.4, 0.5) is 0 Å². The van der Waals surface area contributed by atoms with Crippen LogP contribution in [0.15, 0.2) is 47.0 Å². The molecule has 0 atom stereocenters. The average molecular weight is 322 g/mol. The summed E-state index contributed by atoms with van der Waals surface area (Å²) in [5, 5.41) is 11.1. The zero-order valence-electron chi connectivity index (χ0n) is 13.4. The third-order valence-corrected chi connectivity index (χ3v) is 4.19. The largest absolute Gasteiger partial charge is 0.355 e. The zero-order valence-corrected chi connectivity index (χ0v) is 13.4. The minimum atomic E-state index is -0.264. The highest BCUT2D eigenvalue weighted by atomic mass is 16.5. The fraction of sp³-hybridized carbons (Fsp3) is 0.278. The lowest BCUT2D eigenvalue weighted by Crippen LogP contribution is -2.23. The Hall–Kier alpha value is -2.89. The molecule has 0 saturated heterocycles. The van der Waals surface area contributed by atoms with Gasteiger partial charge in [-0.1, -0.05) is 35.5 Å². The summed E-state index contributed by atoms with van der Waals surface area (Å²) < 4.78 is 7.16. The molecule has 0 bridgehead atoms. The van der Waals surface area contributed by atoms with Crippen LogP contribution in [0.5, 0.6) is 0 Å². The van der Waals surface area contributed by atoms with Crippen LogP contribution < -0.4 is 5.32 Å². The normalized spacial score (nSPS) is 13.9. The Morgan fingerprint density at radius 2 is 2.08 bits per heavy atom. The molecule has 122 valence electrons. The highest BCUT2D eigenvalue weighted by Crippen LogP contribution is 2.39. The molecule has 0 radical (unpaired) electrons. The van der Waals surface area contributed by atoms with E-state index in [-0.39, 0.29) is 11.6 Å². The van der Waals surface area contributed by atoms with Crippen LogP contribution in [0, 0.1) is 0 Å². The second-order valence-electron chi connectivity index (χ2n) is 6.08. The molecule has 6 nitrogen and oxygen atoms in total. The Kier molecular flexibility index (Phi) is 3.65. The number of carbonyl (C=O) groups excluding carboxylic acids is 1. The molecule has 4 rings (SSSR count). The maximum Gasteiger partial charge on any atom is 0.273 e. The van der Waals surface area contributed by atoms with Crippen molar-refractivity contribution in [3.63, 3.8) is 0 Å². The van der Waals surface area contributed by atoms with Gasteiger partial charge in [0, 0.05) is 30.3 Å². The van der Waals surface area contributed by atoms with Crippen LogP contribution in [0.2, 0.25) is 0 Å². The number of hydrogen-bond acceptors (Lipinski definition) is 4. The molecule has 1 aliphatic carbocycles. The molecule has 1 N–H and O–H groups in total. The standard InChI is InChI=1S/C18H18N4O2/c1-22-16(12-7-8-12)9-14(20-22)11-19-18(23)15-10-17(24-21-15)13-5-3-2-4-6-13/h2-6,9-10,12H,7-8,11H2,1H3,(H,19,23). The van der Waals surface area contributed by atoms with Gasteiger partial charge in [-0.15, -0.1) is 0 Å². The highest BCUT2D eigenvalue weighted by molar-refractivity contribution is 5.93. The van der Waals surface area contributed by atoms with Crippen LogP contribution >= 0.6 is 0 Å². The van der Waals surface area contributed by atoms with Gasteiger partial charge in [0.1, 0.15) is 0 Å². The molecular formula is C18H18N4O2. The maximum absolute atomic E-state index is 12.2. The molecular weight excluding hydrogens is 304 g/mol. The van der Waals surface area contributed by atoms with Crippen molar-refractivity contribution in [3.8, 4) is 11.3 Å². The van der Waals surface area contributed by atoms with Crippen LogP contribution in [0.1, 0.15) is 40.6 Å². The first-order valence-electron chi connectivity index (χ1n) is 8.04. The molecule has 1 aliphatic rings. The van der Waals surface area contributed by atoms with Crippen LogP contribution in [0.3, 0.4) is 0 Å². The van der Waals surface area contributed by atoms with Gasteiger partial charge in [-0.2, -0.15) is 5.10 Å². The lowest BCUT2D eigenvalue weighted by atomic mass is 10.1. The van der Waals surface area contributed by atoms with Crippen molar-refractivity contribution in [1.82, 2.24) is 20.3 Å². The van der Waals surface area contributed by atoms with Crippen LogP contribution in [0.25, 0.3) is 11.3 Å². The number of aryl methyl sites for hydroxylation is 1. The van der Waals surface area contributed by atoms with Crippen LogP contribution in [-0.2, 0) is 13.6 Å². The summed E-state index contributed by atoms with van der Waals surface area (Å²) in [6.07, 6.45) is 2.46. The van der Waals surface area contributed by atoms with Crippen molar-refractivity contribution < 1.29 is 9.32 Å². The van der Waals surface area contributed by atoms with E-state index in [4.69, 9.17) is 4.52 Å². The first-order valence-corrected chi connectivity index (χ1v) is 8.04. The van der Waals surface area contributed by atoms with Crippen molar-refractivity contribution >= 4 is 5.91 Å². The van der Waals surface area contributed by atoms with E-state index in [9.17, 15) is 4.79 Å². The van der Waals surface area contributed by atoms with E-state index < -0.39 is 0 Å². The number of aromatic nitrogens is 3. The summed E-state index contributed by atoms with van der Waals surface area (Å²) in [6.45, 7) is 0.382. The number of amides is 1. The van der Waals surface area contributed by atoms with E-state index in [1.165, 1.54) is 18.5 Å². The average Bonchev–Trinajstić information content (AvgIpc) is 3.19. The molecule has 24 heavy (non-hydrogen) atoms. The molecule has 2 heterocycles. The summed E-state index contributed by atoms with van der Waals surface area (Å²) in [4.78, 5) is 12.2. The molecule has 1 saturated carbocycles. The van der Waals surface area contributed by atoms with Crippen LogP contribution in [-0.4, -0.2) is 20.8 Å². The topological polar surface area (TPSA) is 73.0 Å². The first kappa shape index (κ1) is 14.7. The fourth-order valence-electron chi connectivity index (χ4n) is 2.77. The SMILES string of the molecule is Cn1nc(CNC(=O)c2cc(-c3ccccc3)on2)cc1C1CC1. The fourth-order valence-corrected chi connectivity index (χ4v) is 2.77. The summed E-state index contributed by atoms with van der Waals surface area (Å²) in [6, 6.07) is 13.3. The van der Waals surface area contributed by atoms with Crippen molar-refractivity contribution in [1.29, 1.82) is 0 Å². The van der Waals surface area contributed by atoms with Gasteiger partial charge in [0.2, 0.25) is 0 Å². The Bertz CT molecular complexity index is 862. The molecule has 6 heteroatoms. The smallest absolute Gasteiger partial charge is 0.273 e. The Balaban J connectivity index is 1.41. The number of carbonyl (C=O) groups is 1. The number of nitrogens with zero attached hydrogens (tertiary/aromatic N) is 3. The number of nitrogens with one attached hydrogen (secondary N) is 1. The second-order valence-corrected chi connectivity index (χ2v) is 6.08. The molecule has 0 unspecified atom stereocenters. The monoisotopic (exact) mass is 322 g/mol. The third kappa shape index (κ3) is 2.95. The van der Waals surface area contributed by atoms with Crippen molar-refractivity contribution in [2.45, 2.75) is 25.3 Å². The molecule has 1 aromatic carbocycles. The molecule has 2 aromatic heterocycles. The summed E-state index contributed by atoms with van der Waals surface area (Å²) >= 11 is 0. The van der Waals surface area contributed by atoms with Crippen molar-refractivity contribution in [2.75, 3.05) is 0 Å². The van der Waals surface area contributed by atoms with Gasteiger partial charge in [0.15, 0.2) is 11.5 Å². The van der Waals surface area contributed by atoms with E-state index in [0.717, 1.165) is 11.3 Å². The van der Waals surface area contributed by atoms with Gasteiger partial charge >= 0.3 is 0 Å². The van der Waals surface area contributed by atoms with Gasteiger partial charge in [0.05, 0.1) is 12.2 Å². The Labute approximate surface area is 139 Å². The predicted octanol–water partition coefficient (Wildman–Crippen LogP) is 2.88. The molecule has 0 aliphatic heterocycles. The molecule has 1 amide bonds. The maximum atomic E-state index is 12.2. The molecule has 1 fully saturated rings. The zero-order chi connectivity index (χ0) is 16.5. The second kappa shape index (κ2) is 5.96. The van der Waals surface area contributed by atoms with Gasteiger partial charge < -0.3 is 9.84 Å². The Morgan fingerprint density at radius 1 is 1.29 bits per heavy atom. The van der Waals surface area contributed by atoms with Gasteiger partial charge in [-0.3, -0.25) is 9.48 Å². The van der Waals surface area contributed by atoms with E-state index in [1.54, 1.807) is 6.07 Å². The van der Waals surface area contributed by atoms with E-state index >= 15 is 0 Å². The van der Waals surface area contributed by atoms with Gasteiger partial charge in [-0.25, -0.2) is 0 Å². The summed E-state index contributed by atoms with van der Waals surface area (Å²) in [5.41, 5.74) is 3.27. The number of benzene rings is 1. The van der Waals surface area contributed by atoms with Gasteiger partial charge in [0.25, 0.3) is 5.91 Å². The summed E-state index contributed by atoms with van der Waals surface area (Å²) in [5.74, 6) is 0.949. The molecule has 0 spiro atoms. The van der Waals surface area contributed by atoms with Crippen molar-refractivity contribution in [3.05, 3.63) is 59.5 Å². The van der Waals surface area contributed by atoms with E-state index in [1.807, 2.05) is 42.1 Å². The predicted molar refractivity (Wildman–Crippen MR) is 88.3 cm³/mol. The third-order valence-electron chi connectivity index (χ3n) is 4.19. The minimum Gasteiger partial charge on any atom is -0.355 e. The first-order chi connectivity index (χ1) is 11.7. The van der Waals surface area contributed by atoms with Gasteiger partial charge in [-0.05, 0) is 18.9 Å². The minimum absolute atomic E-state index is 0.264. The molecule has 3 aromatic rings. The lowest BCUT2D eigenvalue weighted by molar-refractivity contribution is 0.0941. The highest BCUT2D eigenvalue weighted by Gasteiger charge is 2.27. The van der Waals surface area contributed by atoms with E-state index in [0.29, 0.717) is 18.2 Å². The lowest BCUT2D eigenvalue weighted by Gasteiger charge is -1.98. The number of rotatable bonds is 5.